The molecule has 1 aliphatic carbocycles. The summed E-state index contributed by atoms with van der Waals surface area (Å²) in [7, 11) is -1.19. The molecule has 1 N–H and O–H groups in total. The zero-order valence-corrected chi connectivity index (χ0v) is 12.8. The summed E-state index contributed by atoms with van der Waals surface area (Å²) >= 11 is 0. The van der Waals surface area contributed by atoms with E-state index in [4.69, 9.17) is 0 Å². The Morgan fingerprint density at radius 2 is 2.00 bits per heavy atom. The van der Waals surface area contributed by atoms with Crippen LogP contribution in [0.5, 0.6) is 0 Å². The Morgan fingerprint density at radius 1 is 1.37 bits per heavy atom. The average molecular weight is 283 g/mol. The molecule has 2 rings (SSSR count). The van der Waals surface area contributed by atoms with Crippen LogP contribution in [0.25, 0.3) is 0 Å². The van der Waals surface area contributed by atoms with Crippen molar-refractivity contribution in [3.8, 4) is 0 Å². The first-order valence-corrected chi connectivity index (χ1v) is 7.91. The molecule has 1 saturated carbocycles. The molecule has 1 aromatic rings. The molecule has 2 nitrogen and oxygen atoms in total. The number of hydrogen-bond donors (Lipinski definition) is 1. The zero-order chi connectivity index (χ0) is 14.2. The molecule has 1 unspecified atom stereocenters. The van der Waals surface area contributed by atoms with E-state index >= 15 is 0 Å². The van der Waals surface area contributed by atoms with E-state index in [0.29, 0.717) is 11.5 Å². The lowest BCUT2D eigenvalue weighted by molar-refractivity contribution is 0.571. The molecule has 1 fully saturated rings. The second-order valence-electron chi connectivity index (χ2n) is 6.28. The SMILES string of the molecule is C[C@H](NS(=O)C(C)(C)C)c1cc(C2CC2)ccc1F. The normalized spacial score (nSPS) is 19.2. The molecule has 1 aromatic carbocycles. The van der Waals surface area contributed by atoms with Gasteiger partial charge in [0.1, 0.15) is 5.82 Å². The Balaban J connectivity index is 2.16. The maximum atomic E-state index is 13.9. The van der Waals surface area contributed by atoms with Crippen LogP contribution in [0.1, 0.15) is 63.6 Å². The lowest BCUT2D eigenvalue weighted by atomic mass is 10.0. The quantitative estimate of drug-likeness (QED) is 0.894. The topological polar surface area (TPSA) is 29.1 Å². The second-order valence-corrected chi connectivity index (χ2v) is 8.27. The highest BCUT2D eigenvalue weighted by Crippen LogP contribution is 2.41. The third-order valence-electron chi connectivity index (χ3n) is 3.38. The van der Waals surface area contributed by atoms with E-state index in [1.165, 1.54) is 24.5 Å². The molecule has 2 atom stereocenters. The third kappa shape index (κ3) is 3.63. The Kier molecular flexibility index (Phi) is 4.11. The Labute approximate surface area is 117 Å². The zero-order valence-electron chi connectivity index (χ0n) is 12.0. The minimum atomic E-state index is -1.19. The summed E-state index contributed by atoms with van der Waals surface area (Å²) in [4.78, 5) is 0. The van der Waals surface area contributed by atoms with E-state index in [1.54, 1.807) is 0 Å². The van der Waals surface area contributed by atoms with Gasteiger partial charge in [-0.3, -0.25) is 0 Å². The van der Waals surface area contributed by atoms with Crippen molar-refractivity contribution in [2.45, 2.75) is 57.2 Å². The van der Waals surface area contributed by atoms with Crippen LogP contribution in [-0.4, -0.2) is 8.96 Å². The van der Waals surface area contributed by atoms with Gasteiger partial charge in [0.2, 0.25) is 0 Å². The standard InChI is InChI=1S/C15H22FNOS/c1-10(17-19(18)15(2,3)4)13-9-12(11-5-6-11)7-8-14(13)16/h7-11,17H,5-6H2,1-4H3/t10-,19?/m0/s1. The molecule has 106 valence electrons. The van der Waals surface area contributed by atoms with Gasteiger partial charge in [0.15, 0.2) is 0 Å². The summed E-state index contributed by atoms with van der Waals surface area (Å²) in [6.45, 7) is 7.57. The van der Waals surface area contributed by atoms with Crippen molar-refractivity contribution >= 4 is 11.0 Å². The third-order valence-corrected chi connectivity index (χ3v) is 5.06. The molecule has 4 heteroatoms. The predicted octanol–water partition coefficient (Wildman–Crippen LogP) is 3.82. The van der Waals surface area contributed by atoms with Crippen LogP contribution in [0.15, 0.2) is 18.2 Å². The van der Waals surface area contributed by atoms with Gasteiger partial charge in [0.25, 0.3) is 0 Å². The maximum Gasteiger partial charge on any atom is 0.128 e. The van der Waals surface area contributed by atoms with Crippen LogP contribution in [0, 0.1) is 5.82 Å². The molecule has 0 saturated heterocycles. The van der Waals surface area contributed by atoms with Crippen molar-refractivity contribution in [1.29, 1.82) is 0 Å². The number of rotatable bonds is 4. The lowest BCUT2D eigenvalue weighted by Crippen LogP contribution is -2.35. The van der Waals surface area contributed by atoms with Gasteiger partial charge in [-0.1, -0.05) is 12.1 Å². The van der Waals surface area contributed by atoms with Crippen LogP contribution >= 0.6 is 0 Å². The molecule has 19 heavy (non-hydrogen) atoms. The van der Waals surface area contributed by atoms with Crippen molar-refractivity contribution in [2.75, 3.05) is 0 Å². The predicted molar refractivity (Wildman–Crippen MR) is 77.8 cm³/mol. The average Bonchev–Trinajstić information content (AvgIpc) is 3.12. The molecule has 0 spiro atoms. The molecular weight excluding hydrogens is 261 g/mol. The highest BCUT2D eigenvalue weighted by molar-refractivity contribution is 7.84. The molecule has 1 aliphatic rings. The van der Waals surface area contributed by atoms with Crippen LogP contribution in [0.4, 0.5) is 4.39 Å². The largest absolute Gasteiger partial charge is 0.242 e. The van der Waals surface area contributed by atoms with Crippen LogP contribution in [-0.2, 0) is 11.0 Å². The van der Waals surface area contributed by atoms with E-state index in [1.807, 2.05) is 39.8 Å². The van der Waals surface area contributed by atoms with Crippen molar-refractivity contribution < 1.29 is 8.60 Å². The summed E-state index contributed by atoms with van der Waals surface area (Å²) in [5, 5.41) is 0. The monoisotopic (exact) mass is 283 g/mol. The van der Waals surface area contributed by atoms with Gasteiger partial charge in [0.05, 0.1) is 15.7 Å². The maximum absolute atomic E-state index is 13.9. The minimum Gasteiger partial charge on any atom is -0.242 e. The molecule has 0 heterocycles. The summed E-state index contributed by atoms with van der Waals surface area (Å²) in [6, 6.07) is 5.06. The Morgan fingerprint density at radius 3 is 2.53 bits per heavy atom. The molecule has 0 aromatic heterocycles. The van der Waals surface area contributed by atoms with Crippen molar-refractivity contribution in [2.24, 2.45) is 0 Å². The van der Waals surface area contributed by atoms with Gasteiger partial charge in [-0.15, -0.1) is 0 Å². The summed E-state index contributed by atoms with van der Waals surface area (Å²) in [5.41, 5.74) is 1.81. The molecule has 0 radical (unpaired) electrons. The highest BCUT2D eigenvalue weighted by Gasteiger charge is 2.26. The number of benzene rings is 1. The first-order valence-electron chi connectivity index (χ1n) is 6.76. The van der Waals surface area contributed by atoms with Gasteiger partial charge in [0, 0.05) is 11.6 Å². The fourth-order valence-corrected chi connectivity index (χ4v) is 2.77. The summed E-state index contributed by atoms with van der Waals surface area (Å²) in [5.74, 6) is 0.370. The highest BCUT2D eigenvalue weighted by atomic mass is 32.2. The van der Waals surface area contributed by atoms with E-state index in [0.717, 1.165) is 0 Å². The van der Waals surface area contributed by atoms with Gasteiger partial charge in [-0.2, -0.15) is 0 Å². The van der Waals surface area contributed by atoms with Crippen molar-refractivity contribution in [3.05, 3.63) is 35.1 Å². The van der Waals surface area contributed by atoms with Gasteiger partial charge >= 0.3 is 0 Å². The minimum absolute atomic E-state index is 0.227. The molecule has 0 bridgehead atoms. The Bertz CT molecular complexity index is 491. The summed E-state index contributed by atoms with van der Waals surface area (Å²) in [6.07, 6.45) is 2.39. The second kappa shape index (κ2) is 5.33. The molecular formula is C15H22FNOS. The van der Waals surface area contributed by atoms with Crippen LogP contribution in [0.2, 0.25) is 0 Å². The Hall–Kier alpha value is -0.740. The first kappa shape index (κ1) is 14.7. The fourth-order valence-electron chi connectivity index (χ4n) is 1.97. The molecule has 0 amide bonds. The number of halogens is 1. The molecule has 0 aliphatic heterocycles. The van der Waals surface area contributed by atoms with Gasteiger partial charge in [-0.05, 0) is 58.1 Å². The van der Waals surface area contributed by atoms with E-state index in [-0.39, 0.29) is 16.6 Å². The van der Waals surface area contributed by atoms with E-state index in [9.17, 15) is 8.60 Å². The van der Waals surface area contributed by atoms with Crippen LogP contribution in [0.3, 0.4) is 0 Å². The van der Waals surface area contributed by atoms with E-state index < -0.39 is 11.0 Å². The van der Waals surface area contributed by atoms with Crippen molar-refractivity contribution in [1.82, 2.24) is 4.72 Å². The summed E-state index contributed by atoms with van der Waals surface area (Å²) < 4.78 is 28.6. The van der Waals surface area contributed by atoms with Crippen LogP contribution < -0.4 is 4.72 Å². The number of nitrogens with one attached hydrogen (secondary N) is 1. The number of hydrogen-bond acceptors (Lipinski definition) is 1. The van der Waals surface area contributed by atoms with Gasteiger partial charge in [-0.25, -0.2) is 13.3 Å². The van der Waals surface area contributed by atoms with E-state index in [2.05, 4.69) is 4.72 Å². The van der Waals surface area contributed by atoms with Gasteiger partial charge < -0.3 is 0 Å². The first-order chi connectivity index (χ1) is 8.79. The fraction of sp³-hybridized carbons (Fsp3) is 0.600. The smallest absolute Gasteiger partial charge is 0.128 e. The van der Waals surface area contributed by atoms with Crippen molar-refractivity contribution in [3.63, 3.8) is 0 Å². The lowest BCUT2D eigenvalue weighted by Gasteiger charge is -2.22.